The van der Waals surface area contributed by atoms with Gasteiger partial charge in [0.25, 0.3) is 0 Å². The number of nitrogens with one attached hydrogen (secondary N) is 1. The summed E-state index contributed by atoms with van der Waals surface area (Å²) in [6.45, 7) is 25.3. The van der Waals surface area contributed by atoms with Gasteiger partial charge in [-0.05, 0) is 140 Å². The van der Waals surface area contributed by atoms with E-state index in [1.54, 1.807) is 0 Å². The quantitative estimate of drug-likeness (QED) is 0.107. The third-order valence-corrected chi connectivity index (χ3v) is 19.6. The summed E-state index contributed by atoms with van der Waals surface area (Å²) in [6.07, 6.45) is 5.55. The smallest absolute Gasteiger partial charge is 0.303 e. The molecule has 18 atom stereocenters. The first kappa shape index (κ1) is 56.5. The molecule has 402 valence electrons. The molecule has 6 rings (SSSR count). The highest BCUT2D eigenvalue weighted by Gasteiger charge is 2.70. The minimum atomic E-state index is -1.51. The molecular formula is C55H87NO15. The Kier molecular flexibility index (Phi) is 17.5. The number of esters is 6. The molecule has 0 bridgehead atoms. The molecule has 0 radical (unpaired) electrons. The number of hydrogen-bond acceptors (Lipinski definition) is 15. The van der Waals surface area contributed by atoms with E-state index in [4.69, 9.17) is 37.9 Å². The predicted molar refractivity (Wildman–Crippen MR) is 259 cm³/mol. The van der Waals surface area contributed by atoms with E-state index in [0.29, 0.717) is 40.4 Å². The number of carbonyl (C=O) groups excluding carboxylic acids is 7. The highest BCUT2D eigenvalue weighted by molar-refractivity contribution is 5.74. The van der Waals surface area contributed by atoms with Gasteiger partial charge >= 0.3 is 35.8 Å². The van der Waals surface area contributed by atoms with Crippen LogP contribution in [0.15, 0.2) is 0 Å². The predicted octanol–water partition coefficient (Wildman–Crippen LogP) is 8.36. The van der Waals surface area contributed by atoms with Crippen LogP contribution < -0.4 is 5.32 Å². The maximum atomic E-state index is 12.9. The average molecular weight is 1000 g/mol. The van der Waals surface area contributed by atoms with Crippen LogP contribution in [0.25, 0.3) is 0 Å². The first-order chi connectivity index (χ1) is 33.1. The van der Waals surface area contributed by atoms with Crippen LogP contribution in [0.3, 0.4) is 0 Å². The first-order valence-electron chi connectivity index (χ1n) is 26.6. The summed E-state index contributed by atoms with van der Waals surface area (Å²) in [5, 5.41) is 2.65. The number of ether oxygens (including phenoxy) is 8. The molecule has 71 heavy (non-hydrogen) atoms. The fraction of sp³-hybridized carbons (Fsp3) is 0.873. The van der Waals surface area contributed by atoms with Gasteiger partial charge in [0.2, 0.25) is 5.91 Å². The fourth-order valence-corrected chi connectivity index (χ4v) is 16.8. The molecule has 6 aliphatic rings. The number of rotatable bonds is 17. The Bertz CT molecular complexity index is 1990. The van der Waals surface area contributed by atoms with E-state index in [-0.39, 0.29) is 23.2 Å². The molecular weight excluding hydrogens is 915 g/mol. The van der Waals surface area contributed by atoms with Crippen molar-refractivity contribution in [3.63, 3.8) is 0 Å². The SMILES string of the molecule is CC(=O)N[C@H]1[C@H](OC[C@H](OC(C)=O)[C@H](OC(C)=O)[C@@H](CCC(C)[C@H]2CC[C@]3(C)[C@H]4CC[C@@H]5[C@@]6(C)CCCC(C)(C)[C@@H]6CC[C@@]5(C)[C@]4(C)CC[C@@H]23)OC(C)=O)O[C@H](COC(C)=O)[C@@H](OC(C)=O)[C@@H]1OC(C)=O. The number of hydrogen-bond donors (Lipinski definition) is 1. The van der Waals surface area contributed by atoms with E-state index >= 15 is 0 Å². The second-order valence-corrected chi connectivity index (χ2v) is 24.3. The Hall–Kier alpha value is -3.79. The van der Waals surface area contributed by atoms with Gasteiger partial charge in [-0.25, -0.2) is 0 Å². The van der Waals surface area contributed by atoms with Crippen LogP contribution >= 0.6 is 0 Å². The molecule has 5 saturated carbocycles. The lowest BCUT2D eigenvalue weighted by molar-refractivity contribution is -0.284. The number of carbonyl (C=O) groups is 7. The second-order valence-electron chi connectivity index (χ2n) is 24.3. The highest BCUT2D eigenvalue weighted by atomic mass is 16.7. The van der Waals surface area contributed by atoms with Crippen LogP contribution in [0.2, 0.25) is 0 Å². The monoisotopic (exact) mass is 1000 g/mol. The molecule has 6 fully saturated rings. The van der Waals surface area contributed by atoms with Crippen LogP contribution in [-0.2, 0) is 71.5 Å². The van der Waals surface area contributed by atoms with Crippen molar-refractivity contribution in [3.05, 3.63) is 0 Å². The molecule has 0 aromatic heterocycles. The maximum Gasteiger partial charge on any atom is 0.303 e. The maximum absolute atomic E-state index is 12.9. The lowest BCUT2D eigenvalue weighted by Gasteiger charge is -2.73. The second kappa shape index (κ2) is 22.0. The van der Waals surface area contributed by atoms with E-state index in [1.165, 1.54) is 98.8 Å². The Morgan fingerprint density at radius 1 is 0.592 bits per heavy atom. The van der Waals surface area contributed by atoms with E-state index in [2.05, 4.69) is 53.8 Å². The highest BCUT2D eigenvalue weighted by Crippen LogP contribution is 2.78. The Morgan fingerprint density at radius 3 is 1.75 bits per heavy atom. The molecule has 1 heterocycles. The molecule has 1 unspecified atom stereocenters. The van der Waals surface area contributed by atoms with E-state index in [1.807, 2.05) is 0 Å². The molecule has 1 N–H and O–H groups in total. The molecule has 5 aliphatic carbocycles. The fourth-order valence-electron chi connectivity index (χ4n) is 16.8. The number of fused-ring (bicyclic) bond motifs is 7. The van der Waals surface area contributed by atoms with Crippen molar-refractivity contribution in [2.24, 2.45) is 62.6 Å². The summed E-state index contributed by atoms with van der Waals surface area (Å²) in [6, 6.07) is -1.32. The largest absolute Gasteiger partial charge is 0.463 e. The Labute approximate surface area is 422 Å². The normalized spacial score (nSPS) is 38.7. The Balaban J connectivity index is 1.22. The van der Waals surface area contributed by atoms with Gasteiger partial charge in [0.05, 0.1) is 6.61 Å². The van der Waals surface area contributed by atoms with Gasteiger partial charge in [0.1, 0.15) is 24.9 Å². The van der Waals surface area contributed by atoms with Gasteiger partial charge in [-0.1, -0.05) is 54.9 Å². The van der Waals surface area contributed by atoms with Gasteiger partial charge in [0, 0.05) is 48.5 Å². The molecule has 1 amide bonds. The van der Waals surface area contributed by atoms with Crippen LogP contribution in [-0.4, -0.2) is 104 Å². The van der Waals surface area contributed by atoms with Crippen molar-refractivity contribution in [3.8, 4) is 0 Å². The minimum absolute atomic E-state index is 0.205. The van der Waals surface area contributed by atoms with Crippen LogP contribution in [0.4, 0.5) is 0 Å². The molecule has 0 aromatic rings. The van der Waals surface area contributed by atoms with Gasteiger partial charge in [0.15, 0.2) is 30.7 Å². The minimum Gasteiger partial charge on any atom is -0.463 e. The molecule has 1 saturated heterocycles. The average Bonchev–Trinajstić information content (AvgIpc) is 3.60. The van der Waals surface area contributed by atoms with Crippen LogP contribution in [0.5, 0.6) is 0 Å². The molecule has 0 spiro atoms. The first-order valence-corrected chi connectivity index (χ1v) is 26.6. The van der Waals surface area contributed by atoms with Crippen molar-refractivity contribution in [1.29, 1.82) is 0 Å². The van der Waals surface area contributed by atoms with Crippen molar-refractivity contribution < 1.29 is 71.5 Å². The van der Waals surface area contributed by atoms with Gasteiger partial charge in [-0.3, -0.25) is 33.6 Å². The summed E-state index contributed by atoms with van der Waals surface area (Å²) in [5.41, 5.74) is 1.54. The van der Waals surface area contributed by atoms with Crippen molar-refractivity contribution in [2.45, 2.75) is 229 Å². The van der Waals surface area contributed by atoms with E-state index < -0.39 is 104 Å². The zero-order valence-corrected chi connectivity index (χ0v) is 45.3. The standard InChI is InChI=1S/C55H87NO15/c1-30(38-20-25-52(11)39(38)21-26-54(13)44(52)18-19-45-53(12)24-15-23-51(9,10)43(53)22-27-55(45,54)14)16-17-40(66-33(4)59)47(68-35(6)61)41(67-34(5)60)29-65-50-46(56-31(2)57)49(70-37(8)63)48(69-36(7)62)42(71-50)28-64-32(3)58/h30,38-50H,15-29H2,1-14H3,(H,56,57)/t30?,38-,39+,40-,41+,42-,43+,44-,45-,46-,47-,48-,49-,50-,52+,53+,54-,55-/m1/s1. The topological polar surface area (TPSA) is 205 Å². The zero-order chi connectivity index (χ0) is 52.6. The summed E-state index contributed by atoms with van der Waals surface area (Å²) in [5.74, 6) is -1.56. The summed E-state index contributed by atoms with van der Waals surface area (Å²) in [7, 11) is 0. The summed E-state index contributed by atoms with van der Waals surface area (Å²) >= 11 is 0. The van der Waals surface area contributed by atoms with Crippen molar-refractivity contribution in [1.82, 2.24) is 5.32 Å². The summed E-state index contributed by atoms with van der Waals surface area (Å²) < 4.78 is 46.5. The van der Waals surface area contributed by atoms with Crippen LogP contribution in [0.1, 0.15) is 180 Å². The van der Waals surface area contributed by atoms with E-state index in [9.17, 15) is 33.6 Å². The lowest BCUT2D eigenvalue weighted by atomic mass is 9.32. The van der Waals surface area contributed by atoms with Crippen molar-refractivity contribution in [2.75, 3.05) is 13.2 Å². The van der Waals surface area contributed by atoms with Gasteiger partial charge in [-0.2, -0.15) is 0 Å². The third-order valence-electron chi connectivity index (χ3n) is 19.6. The molecule has 16 nitrogen and oxygen atoms in total. The number of amides is 1. The summed E-state index contributed by atoms with van der Waals surface area (Å²) in [4.78, 5) is 88.0. The molecule has 0 aromatic carbocycles. The van der Waals surface area contributed by atoms with E-state index in [0.717, 1.165) is 32.1 Å². The third kappa shape index (κ3) is 11.6. The lowest BCUT2D eigenvalue weighted by Crippen LogP contribution is -2.67. The van der Waals surface area contributed by atoms with Gasteiger partial charge in [-0.15, -0.1) is 0 Å². The molecule has 16 heteroatoms. The zero-order valence-electron chi connectivity index (χ0n) is 45.3. The molecule has 1 aliphatic heterocycles. The van der Waals surface area contributed by atoms with Gasteiger partial charge < -0.3 is 43.2 Å². The van der Waals surface area contributed by atoms with Crippen LogP contribution in [0, 0.1) is 62.6 Å². The Morgan fingerprint density at radius 2 is 1.17 bits per heavy atom. The van der Waals surface area contributed by atoms with Crippen molar-refractivity contribution >= 4 is 41.7 Å².